The molecule has 4 atom stereocenters. The Balaban J connectivity index is 1.62. The van der Waals surface area contributed by atoms with Gasteiger partial charge < -0.3 is 14.9 Å². The number of ketones is 1. The molecule has 0 radical (unpaired) electrons. The van der Waals surface area contributed by atoms with E-state index in [9.17, 15) is 15.0 Å². The molecule has 0 aromatic heterocycles. The zero-order valence-corrected chi connectivity index (χ0v) is 14.6. The lowest BCUT2D eigenvalue weighted by Gasteiger charge is -2.52. The third kappa shape index (κ3) is 2.12. The summed E-state index contributed by atoms with van der Waals surface area (Å²) < 4.78 is 5.89. The molecule has 1 aromatic rings. The molecular formula is C20H25NO4. The Bertz CT molecular complexity index is 743. The zero-order valence-electron chi connectivity index (χ0n) is 14.6. The standard InChI is InChI=1S/C20H25NO4/c1-2-21(10-11-3-4-11)15-9-12-5-6-13(22)18-16(12)17-19(25-18)14(23)7-8-20(15,17)24/h5-6,11,15,17,19,22,24H,2-4,7-10H2,1H3/t15-,17?,19+,20-/m1/s1. The van der Waals surface area contributed by atoms with Gasteiger partial charge in [-0.2, -0.15) is 0 Å². The fraction of sp³-hybridized carbons (Fsp3) is 0.650. The van der Waals surface area contributed by atoms with E-state index >= 15 is 0 Å². The van der Waals surface area contributed by atoms with Crippen molar-refractivity contribution < 1.29 is 19.7 Å². The van der Waals surface area contributed by atoms with E-state index in [1.54, 1.807) is 6.07 Å². The Kier molecular flexibility index (Phi) is 3.26. The molecule has 2 N–H and O–H groups in total. The number of Topliss-reactive ketones (excluding diaryl/α,β-unsaturated/α-hetero) is 1. The van der Waals surface area contributed by atoms with Crippen LogP contribution in [0.4, 0.5) is 0 Å². The molecule has 5 heteroatoms. The van der Waals surface area contributed by atoms with Gasteiger partial charge in [0.1, 0.15) is 0 Å². The highest BCUT2D eigenvalue weighted by molar-refractivity contribution is 5.88. The Hall–Kier alpha value is -1.59. The Morgan fingerprint density at radius 1 is 1.36 bits per heavy atom. The van der Waals surface area contributed by atoms with Gasteiger partial charge in [-0.1, -0.05) is 13.0 Å². The summed E-state index contributed by atoms with van der Waals surface area (Å²) in [7, 11) is 0. The van der Waals surface area contributed by atoms with Crippen LogP contribution in [0.2, 0.25) is 0 Å². The maximum atomic E-state index is 12.5. The van der Waals surface area contributed by atoms with Gasteiger partial charge in [0.05, 0.1) is 11.5 Å². The SMILES string of the molecule is CCN(CC1CC1)[C@@H]1Cc2ccc(O)c3c2C2[C@@H](O3)C(=O)CC[C@]21O. The molecule has 3 aliphatic carbocycles. The molecule has 1 aliphatic heterocycles. The van der Waals surface area contributed by atoms with E-state index in [2.05, 4.69) is 11.8 Å². The number of nitrogens with zero attached hydrogens (tertiary/aromatic N) is 1. The van der Waals surface area contributed by atoms with Crippen molar-refractivity contribution in [3.05, 3.63) is 23.3 Å². The minimum absolute atomic E-state index is 0.00490. The number of phenols is 1. The first-order valence-corrected chi connectivity index (χ1v) is 9.53. The van der Waals surface area contributed by atoms with Gasteiger partial charge >= 0.3 is 0 Å². The number of hydrogen-bond donors (Lipinski definition) is 2. The molecule has 5 rings (SSSR count). The lowest BCUT2D eigenvalue weighted by Crippen LogP contribution is -2.64. The van der Waals surface area contributed by atoms with Gasteiger partial charge in [-0.3, -0.25) is 9.69 Å². The van der Waals surface area contributed by atoms with Crippen molar-refractivity contribution in [3.63, 3.8) is 0 Å². The molecule has 2 saturated carbocycles. The number of aromatic hydroxyl groups is 1. The maximum absolute atomic E-state index is 12.5. The Morgan fingerprint density at radius 2 is 2.16 bits per heavy atom. The van der Waals surface area contributed by atoms with Crippen molar-refractivity contribution in [1.29, 1.82) is 0 Å². The van der Waals surface area contributed by atoms with E-state index in [1.807, 2.05) is 6.07 Å². The fourth-order valence-electron chi connectivity index (χ4n) is 5.32. The molecular weight excluding hydrogens is 318 g/mol. The smallest absolute Gasteiger partial charge is 0.174 e. The van der Waals surface area contributed by atoms with Crippen LogP contribution in [0.15, 0.2) is 12.1 Å². The number of phenolic OH excluding ortho intramolecular Hbond substituents is 1. The van der Waals surface area contributed by atoms with Crippen LogP contribution in [0.3, 0.4) is 0 Å². The molecule has 1 unspecified atom stereocenters. The topological polar surface area (TPSA) is 70.0 Å². The van der Waals surface area contributed by atoms with Crippen LogP contribution >= 0.6 is 0 Å². The second-order valence-electron chi connectivity index (χ2n) is 8.21. The summed E-state index contributed by atoms with van der Waals surface area (Å²) in [5.74, 6) is 0.943. The molecule has 134 valence electrons. The first-order valence-electron chi connectivity index (χ1n) is 9.53. The fourth-order valence-corrected chi connectivity index (χ4v) is 5.32. The van der Waals surface area contributed by atoms with E-state index in [-0.39, 0.29) is 23.5 Å². The summed E-state index contributed by atoms with van der Waals surface area (Å²) in [6, 6.07) is 3.61. The number of ether oxygens (including phenoxy) is 1. The van der Waals surface area contributed by atoms with Crippen molar-refractivity contribution in [2.24, 2.45) is 5.92 Å². The summed E-state index contributed by atoms with van der Waals surface area (Å²) in [4.78, 5) is 14.9. The quantitative estimate of drug-likeness (QED) is 0.875. The largest absolute Gasteiger partial charge is 0.504 e. The van der Waals surface area contributed by atoms with Crippen molar-refractivity contribution in [1.82, 2.24) is 4.90 Å². The Labute approximate surface area is 147 Å². The van der Waals surface area contributed by atoms with Gasteiger partial charge in [0.15, 0.2) is 23.4 Å². The maximum Gasteiger partial charge on any atom is 0.174 e. The van der Waals surface area contributed by atoms with Crippen molar-refractivity contribution in [2.45, 2.75) is 62.7 Å². The van der Waals surface area contributed by atoms with Crippen LogP contribution in [0, 0.1) is 5.92 Å². The van der Waals surface area contributed by atoms with Crippen LogP contribution in [-0.4, -0.2) is 51.7 Å². The molecule has 0 spiro atoms. The average Bonchev–Trinajstić information content (AvgIpc) is 3.32. The van der Waals surface area contributed by atoms with Gasteiger partial charge in [-0.05, 0) is 49.8 Å². The number of benzene rings is 1. The van der Waals surface area contributed by atoms with E-state index in [4.69, 9.17) is 4.74 Å². The summed E-state index contributed by atoms with van der Waals surface area (Å²) in [6.45, 7) is 4.08. The van der Waals surface area contributed by atoms with E-state index in [0.29, 0.717) is 18.6 Å². The van der Waals surface area contributed by atoms with Gasteiger partial charge in [-0.25, -0.2) is 0 Å². The zero-order chi connectivity index (χ0) is 17.3. The summed E-state index contributed by atoms with van der Waals surface area (Å²) in [5.41, 5.74) is 1.02. The highest BCUT2D eigenvalue weighted by Crippen LogP contribution is 2.58. The number of aliphatic hydroxyl groups is 1. The van der Waals surface area contributed by atoms with Crippen molar-refractivity contribution in [3.8, 4) is 11.5 Å². The second-order valence-corrected chi connectivity index (χ2v) is 8.21. The summed E-state index contributed by atoms with van der Waals surface area (Å²) >= 11 is 0. The first kappa shape index (κ1) is 15.6. The normalized spacial score (nSPS) is 35.6. The number of carbonyl (C=O) groups excluding carboxylic acids is 1. The number of likely N-dealkylation sites (N-methyl/N-ethyl adjacent to an activating group) is 1. The van der Waals surface area contributed by atoms with E-state index in [0.717, 1.165) is 36.6 Å². The van der Waals surface area contributed by atoms with Crippen LogP contribution in [0.25, 0.3) is 0 Å². The number of carbonyl (C=O) groups is 1. The third-order valence-electron chi connectivity index (χ3n) is 6.78. The van der Waals surface area contributed by atoms with Crippen molar-refractivity contribution >= 4 is 5.78 Å². The minimum Gasteiger partial charge on any atom is -0.504 e. The predicted octanol–water partition coefficient (Wildman–Crippen LogP) is 1.99. The van der Waals surface area contributed by atoms with Gasteiger partial charge in [0, 0.05) is 24.6 Å². The molecule has 0 saturated heterocycles. The molecule has 0 amide bonds. The molecule has 4 aliphatic rings. The molecule has 25 heavy (non-hydrogen) atoms. The highest BCUT2D eigenvalue weighted by atomic mass is 16.5. The molecule has 1 heterocycles. The van der Waals surface area contributed by atoms with Crippen LogP contribution in [0.1, 0.15) is 49.7 Å². The third-order valence-corrected chi connectivity index (χ3v) is 6.78. The lowest BCUT2D eigenvalue weighted by molar-refractivity contribution is -0.147. The van der Waals surface area contributed by atoms with E-state index in [1.165, 1.54) is 12.8 Å². The summed E-state index contributed by atoms with van der Waals surface area (Å²) in [6.07, 6.45) is 3.49. The van der Waals surface area contributed by atoms with Gasteiger partial charge in [0.2, 0.25) is 0 Å². The first-order chi connectivity index (χ1) is 12.0. The number of rotatable bonds is 4. The minimum atomic E-state index is -0.963. The number of hydrogen-bond acceptors (Lipinski definition) is 5. The van der Waals surface area contributed by atoms with Gasteiger partial charge in [-0.15, -0.1) is 0 Å². The molecule has 1 aromatic carbocycles. The average molecular weight is 343 g/mol. The molecule has 0 bridgehead atoms. The summed E-state index contributed by atoms with van der Waals surface area (Å²) in [5, 5.41) is 22.0. The van der Waals surface area contributed by atoms with Gasteiger partial charge in [0.25, 0.3) is 0 Å². The monoisotopic (exact) mass is 343 g/mol. The lowest BCUT2D eigenvalue weighted by atomic mass is 9.61. The highest BCUT2D eigenvalue weighted by Gasteiger charge is 2.62. The predicted molar refractivity (Wildman–Crippen MR) is 91.9 cm³/mol. The Morgan fingerprint density at radius 3 is 2.88 bits per heavy atom. The van der Waals surface area contributed by atoms with E-state index < -0.39 is 11.7 Å². The van der Waals surface area contributed by atoms with Crippen molar-refractivity contribution in [2.75, 3.05) is 13.1 Å². The molecule has 2 fully saturated rings. The van der Waals surface area contributed by atoms with Crippen LogP contribution in [-0.2, 0) is 11.2 Å². The van der Waals surface area contributed by atoms with Crippen LogP contribution < -0.4 is 4.74 Å². The second kappa shape index (κ2) is 5.21. The van der Waals surface area contributed by atoms with Crippen LogP contribution in [0.5, 0.6) is 11.5 Å². The molecule has 5 nitrogen and oxygen atoms in total.